The zero-order valence-corrected chi connectivity index (χ0v) is 14.3. The zero-order chi connectivity index (χ0) is 15.9. The smallest absolute Gasteiger partial charge is 0.119 e. The van der Waals surface area contributed by atoms with Crippen LogP contribution in [0.2, 0.25) is 0 Å². The fraction of sp³-hybridized carbons (Fsp3) is 0.667. The van der Waals surface area contributed by atoms with E-state index in [4.69, 9.17) is 10.5 Å². The number of ether oxygens (including phenoxy) is 1. The molecule has 1 aliphatic heterocycles. The molecule has 4 heteroatoms. The average Bonchev–Trinajstić information content (AvgIpc) is 2.50. The van der Waals surface area contributed by atoms with Crippen LogP contribution in [0.4, 0.5) is 0 Å². The minimum absolute atomic E-state index is 0.310. The van der Waals surface area contributed by atoms with E-state index in [1.54, 1.807) is 0 Å². The van der Waals surface area contributed by atoms with Gasteiger partial charge in [-0.1, -0.05) is 19.1 Å². The van der Waals surface area contributed by atoms with Gasteiger partial charge in [0.25, 0.3) is 0 Å². The lowest BCUT2D eigenvalue weighted by Gasteiger charge is -2.36. The zero-order valence-electron chi connectivity index (χ0n) is 14.3. The third kappa shape index (κ3) is 4.97. The predicted octanol–water partition coefficient (Wildman–Crippen LogP) is 2.36. The molecule has 0 spiro atoms. The molecule has 1 aliphatic rings. The summed E-state index contributed by atoms with van der Waals surface area (Å²) in [6, 6.07) is 8.75. The standard InChI is InChI=1S/C18H31N3O/c1-15-7-9-21(10-8-15)18(14-19)16-5-4-6-17(13-16)22-12-11-20(2)3/h4-6,13,15,18H,7-12,14,19H2,1-3H3. The minimum Gasteiger partial charge on any atom is -0.492 e. The number of likely N-dealkylation sites (tertiary alicyclic amines) is 1. The Bertz CT molecular complexity index is 442. The summed E-state index contributed by atoms with van der Waals surface area (Å²) in [6.45, 7) is 6.94. The van der Waals surface area contributed by atoms with Gasteiger partial charge >= 0.3 is 0 Å². The molecule has 1 saturated heterocycles. The lowest BCUT2D eigenvalue weighted by atomic mass is 9.96. The van der Waals surface area contributed by atoms with Crippen molar-refractivity contribution in [1.82, 2.24) is 9.80 Å². The summed E-state index contributed by atoms with van der Waals surface area (Å²) in [7, 11) is 4.11. The third-order valence-corrected chi connectivity index (χ3v) is 4.53. The fourth-order valence-corrected chi connectivity index (χ4v) is 2.99. The first-order chi connectivity index (χ1) is 10.6. The molecule has 1 fully saturated rings. The van der Waals surface area contributed by atoms with E-state index in [1.165, 1.54) is 18.4 Å². The van der Waals surface area contributed by atoms with Crippen molar-refractivity contribution in [3.05, 3.63) is 29.8 Å². The molecule has 1 aromatic carbocycles. The van der Waals surface area contributed by atoms with Crippen molar-refractivity contribution in [2.24, 2.45) is 11.7 Å². The number of likely N-dealkylation sites (N-methyl/N-ethyl adjacent to an activating group) is 1. The molecule has 1 atom stereocenters. The van der Waals surface area contributed by atoms with Crippen molar-refractivity contribution < 1.29 is 4.74 Å². The molecule has 2 N–H and O–H groups in total. The maximum Gasteiger partial charge on any atom is 0.119 e. The monoisotopic (exact) mass is 305 g/mol. The molecule has 2 rings (SSSR count). The van der Waals surface area contributed by atoms with Crippen LogP contribution in [0.1, 0.15) is 31.4 Å². The summed E-state index contributed by atoms with van der Waals surface area (Å²) < 4.78 is 5.86. The minimum atomic E-state index is 0.310. The quantitative estimate of drug-likeness (QED) is 0.840. The Morgan fingerprint density at radius 1 is 1.32 bits per heavy atom. The van der Waals surface area contributed by atoms with Crippen molar-refractivity contribution >= 4 is 0 Å². The van der Waals surface area contributed by atoms with Crippen LogP contribution < -0.4 is 10.5 Å². The highest BCUT2D eigenvalue weighted by Crippen LogP contribution is 2.28. The molecule has 0 bridgehead atoms. The van der Waals surface area contributed by atoms with Gasteiger partial charge in [0.05, 0.1) is 0 Å². The van der Waals surface area contributed by atoms with E-state index < -0.39 is 0 Å². The maximum atomic E-state index is 6.07. The Morgan fingerprint density at radius 3 is 2.68 bits per heavy atom. The van der Waals surface area contributed by atoms with Gasteiger partial charge < -0.3 is 15.4 Å². The topological polar surface area (TPSA) is 41.7 Å². The van der Waals surface area contributed by atoms with E-state index in [0.717, 1.165) is 31.3 Å². The van der Waals surface area contributed by atoms with E-state index in [0.29, 0.717) is 19.2 Å². The maximum absolute atomic E-state index is 6.07. The van der Waals surface area contributed by atoms with Crippen molar-refractivity contribution in [2.45, 2.75) is 25.8 Å². The number of piperidine rings is 1. The second-order valence-electron chi connectivity index (χ2n) is 6.69. The number of benzene rings is 1. The highest BCUT2D eigenvalue weighted by Gasteiger charge is 2.23. The Labute approximate surface area is 135 Å². The summed E-state index contributed by atoms with van der Waals surface area (Å²) in [5.41, 5.74) is 7.35. The Balaban J connectivity index is 1.99. The van der Waals surface area contributed by atoms with Crippen molar-refractivity contribution in [3.63, 3.8) is 0 Å². The van der Waals surface area contributed by atoms with Crippen molar-refractivity contribution in [1.29, 1.82) is 0 Å². The van der Waals surface area contributed by atoms with Gasteiger partial charge in [0, 0.05) is 19.1 Å². The summed E-state index contributed by atoms with van der Waals surface area (Å²) in [4.78, 5) is 4.65. The second-order valence-corrected chi connectivity index (χ2v) is 6.69. The summed E-state index contributed by atoms with van der Waals surface area (Å²) in [6.07, 6.45) is 2.55. The van der Waals surface area contributed by atoms with Crippen LogP contribution in [-0.2, 0) is 0 Å². The highest BCUT2D eigenvalue weighted by atomic mass is 16.5. The van der Waals surface area contributed by atoms with Crippen LogP contribution in [0.3, 0.4) is 0 Å². The number of hydrogen-bond acceptors (Lipinski definition) is 4. The molecule has 1 aromatic rings. The van der Waals surface area contributed by atoms with Gasteiger partial charge in [-0.2, -0.15) is 0 Å². The van der Waals surface area contributed by atoms with E-state index in [1.807, 2.05) is 6.07 Å². The van der Waals surface area contributed by atoms with Crippen LogP contribution in [0.25, 0.3) is 0 Å². The van der Waals surface area contributed by atoms with Crippen LogP contribution >= 0.6 is 0 Å². The van der Waals surface area contributed by atoms with E-state index >= 15 is 0 Å². The third-order valence-electron chi connectivity index (χ3n) is 4.53. The summed E-state index contributed by atoms with van der Waals surface area (Å²) in [5.74, 6) is 1.79. The van der Waals surface area contributed by atoms with E-state index in [9.17, 15) is 0 Å². The Kier molecular flexibility index (Phi) is 6.68. The molecular formula is C18H31N3O. The number of nitrogens with two attached hydrogens (primary N) is 1. The molecule has 4 nitrogen and oxygen atoms in total. The molecular weight excluding hydrogens is 274 g/mol. The molecule has 0 aliphatic carbocycles. The molecule has 124 valence electrons. The van der Waals surface area contributed by atoms with Crippen LogP contribution in [-0.4, -0.2) is 56.7 Å². The fourth-order valence-electron chi connectivity index (χ4n) is 2.99. The van der Waals surface area contributed by atoms with Gasteiger partial charge in [-0.05, 0) is 63.6 Å². The lowest BCUT2D eigenvalue weighted by Crippen LogP contribution is -2.39. The van der Waals surface area contributed by atoms with Gasteiger partial charge in [0.1, 0.15) is 12.4 Å². The van der Waals surface area contributed by atoms with Gasteiger partial charge in [-0.3, -0.25) is 4.90 Å². The first-order valence-electron chi connectivity index (χ1n) is 8.41. The largest absolute Gasteiger partial charge is 0.492 e. The first kappa shape index (κ1) is 17.3. The van der Waals surface area contributed by atoms with Crippen LogP contribution in [0, 0.1) is 5.92 Å². The lowest BCUT2D eigenvalue weighted by molar-refractivity contribution is 0.141. The Morgan fingerprint density at radius 2 is 2.05 bits per heavy atom. The summed E-state index contributed by atoms with van der Waals surface area (Å²) >= 11 is 0. The molecule has 0 radical (unpaired) electrons. The number of nitrogens with zero attached hydrogens (tertiary/aromatic N) is 2. The molecule has 22 heavy (non-hydrogen) atoms. The molecule has 0 saturated carbocycles. The summed E-state index contributed by atoms with van der Waals surface area (Å²) in [5, 5.41) is 0. The average molecular weight is 305 g/mol. The predicted molar refractivity (Wildman–Crippen MR) is 92.3 cm³/mol. The van der Waals surface area contributed by atoms with Gasteiger partial charge in [0.15, 0.2) is 0 Å². The number of hydrogen-bond donors (Lipinski definition) is 1. The molecule has 0 aromatic heterocycles. The van der Waals surface area contributed by atoms with Crippen molar-refractivity contribution in [3.8, 4) is 5.75 Å². The SMILES string of the molecule is CC1CCN(C(CN)c2cccc(OCCN(C)C)c2)CC1. The van der Waals surface area contributed by atoms with Crippen LogP contribution in [0.5, 0.6) is 5.75 Å². The highest BCUT2D eigenvalue weighted by molar-refractivity contribution is 5.31. The number of rotatable bonds is 7. The molecule has 0 amide bonds. The second kappa shape index (κ2) is 8.51. The van der Waals surface area contributed by atoms with Crippen LogP contribution in [0.15, 0.2) is 24.3 Å². The Hall–Kier alpha value is -1.10. The van der Waals surface area contributed by atoms with E-state index in [2.05, 4.69) is 49.0 Å². The van der Waals surface area contributed by atoms with Gasteiger partial charge in [-0.15, -0.1) is 0 Å². The van der Waals surface area contributed by atoms with Gasteiger partial charge in [-0.25, -0.2) is 0 Å². The molecule has 1 heterocycles. The normalized spacial score (nSPS) is 18.6. The first-order valence-corrected chi connectivity index (χ1v) is 8.41. The van der Waals surface area contributed by atoms with Crippen molar-refractivity contribution in [2.75, 3.05) is 46.9 Å². The van der Waals surface area contributed by atoms with Gasteiger partial charge in [0.2, 0.25) is 0 Å². The van der Waals surface area contributed by atoms with E-state index in [-0.39, 0.29) is 0 Å². The molecule has 1 unspecified atom stereocenters.